The van der Waals surface area contributed by atoms with E-state index in [0.717, 1.165) is 36.4 Å². The van der Waals surface area contributed by atoms with Gasteiger partial charge in [0, 0.05) is 54.3 Å². The van der Waals surface area contributed by atoms with Crippen molar-refractivity contribution in [2.24, 2.45) is 0 Å². The van der Waals surface area contributed by atoms with Crippen molar-refractivity contribution in [2.45, 2.75) is 6.54 Å². The Labute approximate surface area is 193 Å². The van der Waals surface area contributed by atoms with Gasteiger partial charge in [-0.2, -0.15) is 0 Å². The van der Waals surface area contributed by atoms with Crippen LogP contribution in [-0.2, 0) is 11.3 Å². The minimum absolute atomic E-state index is 0.0724. The molecule has 0 saturated carbocycles. The van der Waals surface area contributed by atoms with Crippen molar-refractivity contribution < 1.29 is 9.53 Å². The summed E-state index contributed by atoms with van der Waals surface area (Å²) in [4.78, 5) is 28.1. The number of anilines is 3. The van der Waals surface area contributed by atoms with E-state index in [2.05, 4.69) is 51.6 Å². The molecule has 4 N–H and O–H groups in total. The van der Waals surface area contributed by atoms with Crippen molar-refractivity contribution in [1.82, 2.24) is 18.5 Å². The van der Waals surface area contributed by atoms with E-state index in [9.17, 15) is 4.79 Å². The number of halogens is 1. The Morgan fingerprint density at radius 2 is 2.06 bits per heavy atom. The second-order valence-electron chi connectivity index (χ2n) is 6.95. The van der Waals surface area contributed by atoms with Gasteiger partial charge in [-0.05, 0) is 17.7 Å². The quantitative estimate of drug-likeness (QED) is 0.328. The normalized spacial score (nSPS) is 13.8. The number of nitrogens with one attached hydrogen (secondary N) is 2. The summed E-state index contributed by atoms with van der Waals surface area (Å²) in [6.07, 6.45) is 4.90. The highest BCUT2D eigenvalue weighted by Crippen LogP contribution is 2.27. The number of benzene rings is 1. The van der Waals surface area contributed by atoms with E-state index in [1.54, 1.807) is 18.6 Å². The van der Waals surface area contributed by atoms with E-state index in [1.807, 2.05) is 30.3 Å². The summed E-state index contributed by atoms with van der Waals surface area (Å²) >= 11 is 2.10. The molecule has 1 aromatic carbocycles. The first-order valence-corrected chi connectivity index (χ1v) is 10.9. The molecule has 0 bridgehead atoms. The smallest absolute Gasteiger partial charge is 0.278 e. The van der Waals surface area contributed by atoms with Gasteiger partial charge in [-0.15, -0.1) is 0 Å². The second kappa shape index (κ2) is 9.98. The lowest BCUT2D eigenvalue weighted by Gasteiger charge is -2.30. The predicted molar refractivity (Wildman–Crippen MR) is 128 cm³/mol. The number of ether oxygens (including phenoxy) is 1. The lowest BCUT2D eigenvalue weighted by molar-refractivity contribution is 0.102. The third-order valence-electron chi connectivity index (χ3n) is 4.91. The highest BCUT2D eigenvalue weighted by atomic mass is 127. The molecule has 0 radical (unpaired) electrons. The van der Waals surface area contributed by atoms with Gasteiger partial charge in [0.1, 0.15) is 0 Å². The first-order chi connectivity index (χ1) is 15.2. The Bertz CT molecular complexity index is 1070. The van der Waals surface area contributed by atoms with E-state index in [-0.39, 0.29) is 11.5 Å². The number of hydrogen-bond acceptors (Lipinski definition) is 8. The summed E-state index contributed by atoms with van der Waals surface area (Å²) in [5, 5.41) is 2.90. The number of nitrogens with zero attached hydrogens (tertiary/aromatic N) is 4. The van der Waals surface area contributed by atoms with Gasteiger partial charge in [-0.3, -0.25) is 13.3 Å². The topological polar surface area (TPSA) is 118 Å². The largest absolute Gasteiger partial charge is 0.382 e. The van der Waals surface area contributed by atoms with Gasteiger partial charge >= 0.3 is 0 Å². The summed E-state index contributed by atoms with van der Waals surface area (Å²) < 4.78 is 8.52. The zero-order valence-corrected chi connectivity index (χ0v) is 18.9. The van der Waals surface area contributed by atoms with Crippen LogP contribution in [0.5, 0.6) is 0 Å². The number of hydrogen-bond donors (Lipinski definition) is 3. The van der Waals surface area contributed by atoms with Crippen LogP contribution in [0.1, 0.15) is 16.1 Å². The Hall–Kier alpha value is -2.83. The van der Waals surface area contributed by atoms with E-state index in [0.29, 0.717) is 24.6 Å². The molecule has 1 fully saturated rings. The highest BCUT2D eigenvalue weighted by Gasteiger charge is 2.19. The molecule has 3 aromatic rings. The third kappa shape index (κ3) is 5.09. The first kappa shape index (κ1) is 21.4. The molecule has 0 unspecified atom stereocenters. The number of aromatic nitrogens is 3. The van der Waals surface area contributed by atoms with Crippen LogP contribution < -0.4 is 19.5 Å². The van der Waals surface area contributed by atoms with Crippen molar-refractivity contribution in [3.8, 4) is 11.3 Å². The number of amides is 1. The summed E-state index contributed by atoms with van der Waals surface area (Å²) in [5.74, 6) is -0.359. The Kier molecular flexibility index (Phi) is 6.89. The van der Waals surface area contributed by atoms with Crippen LogP contribution in [0.15, 0.2) is 48.9 Å². The van der Waals surface area contributed by atoms with Gasteiger partial charge in [0.2, 0.25) is 0 Å². The minimum atomic E-state index is -0.431. The fraction of sp³-hybridized carbons (Fsp3) is 0.238. The highest BCUT2D eigenvalue weighted by molar-refractivity contribution is 14.1. The zero-order valence-electron chi connectivity index (χ0n) is 16.7. The maximum absolute atomic E-state index is 13.0. The number of pyridine rings is 1. The van der Waals surface area contributed by atoms with Gasteiger partial charge in [0.15, 0.2) is 11.5 Å². The first-order valence-electron chi connectivity index (χ1n) is 9.79. The molecule has 0 spiro atoms. The molecule has 10 heteroatoms. The zero-order chi connectivity index (χ0) is 21.6. The molecule has 1 saturated heterocycles. The van der Waals surface area contributed by atoms with Crippen LogP contribution in [0, 0.1) is 0 Å². The van der Waals surface area contributed by atoms with Gasteiger partial charge in [0.05, 0.1) is 42.7 Å². The molecule has 160 valence electrons. The number of rotatable bonds is 6. The van der Waals surface area contributed by atoms with Crippen LogP contribution in [0.2, 0.25) is 0 Å². The Balaban J connectivity index is 1.60. The molecule has 1 aliphatic heterocycles. The third-order valence-corrected chi connectivity index (χ3v) is 5.29. The van der Waals surface area contributed by atoms with Gasteiger partial charge < -0.3 is 20.7 Å². The number of nitrogen functional groups attached to an aromatic ring is 1. The van der Waals surface area contributed by atoms with E-state index in [4.69, 9.17) is 10.5 Å². The molecule has 31 heavy (non-hydrogen) atoms. The average molecular weight is 531 g/mol. The minimum Gasteiger partial charge on any atom is -0.382 e. The number of nitrogens with two attached hydrogens (primary N) is 1. The van der Waals surface area contributed by atoms with Crippen LogP contribution in [0.3, 0.4) is 0 Å². The molecule has 2 aromatic heterocycles. The van der Waals surface area contributed by atoms with Crippen molar-refractivity contribution in [2.75, 3.05) is 42.3 Å². The van der Waals surface area contributed by atoms with Crippen molar-refractivity contribution in [3.63, 3.8) is 0 Å². The maximum Gasteiger partial charge on any atom is 0.278 e. The van der Waals surface area contributed by atoms with Crippen molar-refractivity contribution in [3.05, 3.63) is 60.2 Å². The van der Waals surface area contributed by atoms with Crippen molar-refractivity contribution >= 4 is 46.0 Å². The number of morpholine rings is 1. The van der Waals surface area contributed by atoms with Crippen molar-refractivity contribution in [1.29, 1.82) is 0 Å². The molecule has 0 aliphatic carbocycles. The fourth-order valence-electron chi connectivity index (χ4n) is 3.37. The second-order valence-corrected chi connectivity index (χ2v) is 7.71. The van der Waals surface area contributed by atoms with Crippen LogP contribution in [0.4, 0.5) is 17.2 Å². The van der Waals surface area contributed by atoms with E-state index < -0.39 is 5.91 Å². The molecular weight excluding hydrogens is 509 g/mol. The molecule has 1 amide bonds. The monoisotopic (exact) mass is 531 g/mol. The summed E-state index contributed by atoms with van der Waals surface area (Å²) in [5.41, 5.74) is 10.1. The van der Waals surface area contributed by atoms with E-state index in [1.165, 1.54) is 0 Å². The Morgan fingerprint density at radius 3 is 2.87 bits per heavy atom. The molecule has 4 rings (SSSR count). The van der Waals surface area contributed by atoms with Gasteiger partial charge in [-0.25, -0.2) is 9.97 Å². The summed E-state index contributed by atoms with van der Waals surface area (Å²) in [7, 11) is 0. The molecule has 3 heterocycles. The maximum atomic E-state index is 13.0. The number of carbonyl (C=O) groups is 1. The van der Waals surface area contributed by atoms with Gasteiger partial charge in [0.25, 0.3) is 5.91 Å². The predicted octanol–water partition coefficient (Wildman–Crippen LogP) is 2.65. The summed E-state index contributed by atoms with van der Waals surface area (Å²) in [6.45, 7) is 3.49. The standard InChI is InChI=1S/C21H22IN7O2/c22-26-11-14-2-1-3-15(10-14)16-13-25-20(23)19(27-16)21(30)28-17-12-24-5-4-18(17)29-6-8-31-9-7-29/h1-5,10,12-13,26H,6-9,11H2,(H2,23,25)(H,28,30). The summed E-state index contributed by atoms with van der Waals surface area (Å²) in [6, 6.07) is 9.77. The van der Waals surface area contributed by atoms with E-state index >= 15 is 0 Å². The Morgan fingerprint density at radius 1 is 1.23 bits per heavy atom. The molecule has 0 atom stereocenters. The van der Waals surface area contributed by atoms with Crippen LogP contribution >= 0.6 is 22.9 Å². The van der Waals surface area contributed by atoms with Crippen LogP contribution in [0.25, 0.3) is 11.3 Å². The molecule has 9 nitrogen and oxygen atoms in total. The number of carbonyl (C=O) groups excluding carboxylic acids is 1. The lowest BCUT2D eigenvalue weighted by Crippen LogP contribution is -2.36. The van der Waals surface area contributed by atoms with Gasteiger partial charge in [-0.1, -0.05) is 18.2 Å². The molecule has 1 aliphatic rings. The lowest BCUT2D eigenvalue weighted by atomic mass is 10.1. The average Bonchev–Trinajstić information content (AvgIpc) is 2.81. The fourth-order valence-corrected chi connectivity index (χ4v) is 3.81. The van der Waals surface area contributed by atoms with Crippen LogP contribution in [-0.4, -0.2) is 47.2 Å². The SMILES string of the molecule is Nc1ncc(-c2cccc(CNI)c2)nc1C(=O)Nc1cnccc1N1CCOCC1. The molecular formula is C21H22IN7O2.